The summed E-state index contributed by atoms with van der Waals surface area (Å²) in [5, 5.41) is 0.865. The number of benzene rings is 2. The van der Waals surface area contributed by atoms with Crippen LogP contribution < -0.4 is 0 Å². The standard InChI is InChI=1S/C32H40Cl2N4O4/c1-20-7-6-8-25(21(20)2)30(40)36-13-14-37(28(19-36)22-9-10-26(33)27(34)15-22)29(39)11-12-35-17-24-16-23(35)18-38(24)31(41)42-32(3,4)5/h6-10,15,23-24,28H,11-14,16-19H2,1-5H3/t23-,24-,28-/m0/s1. The fourth-order valence-electron chi connectivity index (χ4n) is 6.37. The summed E-state index contributed by atoms with van der Waals surface area (Å²) in [4.78, 5) is 47.8. The number of nitrogens with zero attached hydrogens (tertiary/aromatic N) is 4. The summed E-state index contributed by atoms with van der Waals surface area (Å²) < 4.78 is 5.58. The van der Waals surface area contributed by atoms with Crippen LogP contribution in [0.25, 0.3) is 0 Å². The van der Waals surface area contributed by atoms with E-state index in [9.17, 15) is 14.4 Å². The third-order valence-electron chi connectivity index (χ3n) is 8.75. The maximum atomic E-state index is 13.7. The van der Waals surface area contributed by atoms with Crippen molar-refractivity contribution in [3.63, 3.8) is 0 Å². The Morgan fingerprint density at radius 1 is 0.929 bits per heavy atom. The Labute approximate surface area is 258 Å². The van der Waals surface area contributed by atoms with Gasteiger partial charge in [0.2, 0.25) is 5.91 Å². The van der Waals surface area contributed by atoms with Crippen molar-refractivity contribution in [3.8, 4) is 0 Å². The summed E-state index contributed by atoms with van der Waals surface area (Å²) in [6.45, 7) is 12.8. The molecule has 3 heterocycles. The van der Waals surface area contributed by atoms with Crippen LogP contribution in [0, 0.1) is 13.8 Å². The summed E-state index contributed by atoms with van der Waals surface area (Å²) in [5.41, 5.74) is 3.05. The molecule has 2 aromatic carbocycles. The van der Waals surface area contributed by atoms with E-state index in [1.807, 2.05) is 73.6 Å². The lowest BCUT2D eigenvalue weighted by atomic mass is 9.99. The third kappa shape index (κ3) is 6.41. The average Bonchev–Trinajstić information content (AvgIpc) is 3.54. The number of hydrogen-bond acceptors (Lipinski definition) is 5. The average molecular weight is 616 g/mol. The molecule has 0 spiro atoms. The van der Waals surface area contributed by atoms with Crippen molar-refractivity contribution in [2.45, 2.75) is 71.2 Å². The summed E-state index contributed by atoms with van der Waals surface area (Å²) in [6.07, 6.45) is 1.00. The number of rotatable bonds is 5. The number of halogens is 2. The van der Waals surface area contributed by atoms with Gasteiger partial charge in [-0.2, -0.15) is 0 Å². The van der Waals surface area contributed by atoms with Gasteiger partial charge < -0.3 is 19.4 Å². The number of piperazine rings is 2. The number of aryl methyl sites for hydroxylation is 1. The fraction of sp³-hybridized carbons (Fsp3) is 0.531. The van der Waals surface area contributed by atoms with Crippen molar-refractivity contribution in [1.82, 2.24) is 19.6 Å². The van der Waals surface area contributed by atoms with Crippen molar-refractivity contribution < 1.29 is 19.1 Å². The van der Waals surface area contributed by atoms with Crippen LogP contribution in [0.4, 0.5) is 4.79 Å². The van der Waals surface area contributed by atoms with Gasteiger partial charge in [-0.1, -0.05) is 41.4 Å². The minimum absolute atomic E-state index is 0.0315. The van der Waals surface area contributed by atoms with Gasteiger partial charge in [-0.25, -0.2) is 4.79 Å². The zero-order valence-corrected chi connectivity index (χ0v) is 26.5. The second-order valence-corrected chi connectivity index (χ2v) is 13.5. The molecule has 3 atom stereocenters. The molecule has 3 aliphatic rings. The SMILES string of the molecule is Cc1cccc(C(=O)N2CCN(C(=O)CCN3C[C@@H]4C[C@H]3CN4C(=O)OC(C)(C)C)[C@H](c3ccc(Cl)c(Cl)c3)C2)c1C. The maximum Gasteiger partial charge on any atom is 0.410 e. The highest BCUT2D eigenvalue weighted by Crippen LogP contribution is 2.34. The molecule has 2 bridgehead atoms. The summed E-state index contributed by atoms with van der Waals surface area (Å²) in [5.74, 6) is 0.00710. The number of carbonyl (C=O) groups is 3. The van der Waals surface area contributed by atoms with Gasteiger partial charge in [-0.3, -0.25) is 14.5 Å². The lowest BCUT2D eigenvalue weighted by molar-refractivity contribution is -0.136. The van der Waals surface area contributed by atoms with Crippen LogP contribution in [0.15, 0.2) is 36.4 Å². The molecule has 42 heavy (non-hydrogen) atoms. The van der Waals surface area contributed by atoms with Crippen molar-refractivity contribution in [2.24, 2.45) is 0 Å². The van der Waals surface area contributed by atoms with Gasteiger partial charge in [-0.15, -0.1) is 0 Å². The normalized spacial score (nSPS) is 22.5. The fourth-order valence-corrected chi connectivity index (χ4v) is 6.68. The third-order valence-corrected chi connectivity index (χ3v) is 9.49. The van der Waals surface area contributed by atoms with Crippen LogP contribution in [0.2, 0.25) is 10.0 Å². The van der Waals surface area contributed by atoms with E-state index in [1.165, 1.54) is 0 Å². The smallest absolute Gasteiger partial charge is 0.410 e. The van der Waals surface area contributed by atoms with E-state index in [2.05, 4.69) is 4.90 Å². The molecule has 3 amide bonds. The minimum atomic E-state index is -0.524. The quantitative estimate of drug-likeness (QED) is 0.431. The van der Waals surface area contributed by atoms with Crippen LogP contribution in [-0.2, 0) is 9.53 Å². The van der Waals surface area contributed by atoms with Gasteiger partial charge >= 0.3 is 6.09 Å². The first-order valence-corrected chi connectivity index (χ1v) is 15.4. The lowest BCUT2D eigenvalue weighted by Gasteiger charge is -2.42. The number of hydrogen-bond donors (Lipinski definition) is 0. The summed E-state index contributed by atoms with van der Waals surface area (Å²) in [7, 11) is 0. The molecule has 5 rings (SSSR count). The molecule has 0 aliphatic carbocycles. The zero-order chi connectivity index (χ0) is 30.3. The topological polar surface area (TPSA) is 73.4 Å². The molecule has 8 nitrogen and oxygen atoms in total. The van der Waals surface area contributed by atoms with E-state index in [-0.39, 0.29) is 36.0 Å². The van der Waals surface area contributed by atoms with Crippen LogP contribution >= 0.6 is 23.2 Å². The van der Waals surface area contributed by atoms with Gasteiger partial charge in [0, 0.05) is 63.3 Å². The van der Waals surface area contributed by atoms with Crippen molar-refractivity contribution >= 4 is 41.1 Å². The zero-order valence-electron chi connectivity index (χ0n) is 25.0. The van der Waals surface area contributed by atoms with E-state index in [0.717, 1.165) is 29.7 Å². The molecule has 226 valence electrons. The Bertz CT molecular complexity index is 1380. The Kier molecular flexibility index (Phi) is 8.80. The predicted molar refractivity (Wildman–Crippen MR) is 164 cm³/mol. The minimum Gasteiger partial charge on any atom is -0.444 e. The second-order valence-electron chi connectivity index (χ2n) is 12.7. The number of likely N-dealkylation sites (tertiary alicyclic amines) is 2. The molecule has 10 heteroatoms. The first kappa shape index (κ1) is 30.6. The highest BCUT2D eigenvalue weighted by atomic mass is 35.5. The number of carbonyl (C=O) groups excluding carboxylic acids is 3. The van der Waals surface area contributed by atoms with E-state index < -0.39 is 5.60 Å². The largest absolute Gasteiger partial charge is 0.444 e. The Morgan fingerprint density at radius 2 is 1.69 bits per heavy atom. The van der Waals surface area contributed by atoms with Crippen LogP contribution in [-0.4, -0.2) is 94.5 Å². The summed E-state index contributed by atoms with van der Waals surface area (Å²) >= 11 is 12.6. The van der Waals surface area contributed by atoms with Crippen LogP contribution in [0.5, 0.6) is 0 Å². The van der Waals surface area contributed by atoms with Crippen molar-refractivity contribution in [2.75, 3.05) is 39.3 Å². The predicted octanol–water partition coefficient (Wildman–Crippen LogP) is 5.72. The first-order chi connectivity index (χ1) is 19.8. The molecule has 2 aromatic rings. The monoisotopic (exact) mass is 614 g/mol. The first-order valence-electron chi connectivity index (χ1n) is 14.7. The second kappa shape index (κ2) is 12.1. The molecule has 3 aliphatic heterocycles. The Morgan fingerprint density at radius 3 is 2.36 bits per heavy atom. The molecule has 3 fully saturated rings. The molecule has 3 saturated heterocycles. The van der Waals surface area contributed by atoms with Crippen LogP contribution in [0.3, 0.4) is 0 Å². The van der Waals surface area contributed by atoms with E-state index in [1.54, 1.807) is 12.1 Å². The lowest BCUT2D eigenvalue weighted by Crippen LogP contribution is -2.53. The summed E-state index contributed by atoms with van der Waals surface area (Å²) in [6, 6.07) is 11.2. The Balaban J connectivity index is 1.26. The highest BCUT2D eigenvalue weighted by molar-refractivity contribution is 6.42. The molecule has 0 unspecified atom stereocenters. The van der Waals surface area contributed by atoms with E-state index in [0.29, 0.717) is 54.8 Å². The van der Waals surface area contributed by atoms with E-state index >= 15 is 0 Å². The van der Waals surface area contributed by atoms with Crippen molar-refractivity contribution in [3.05, 3.63) is 68.7 Å². The number of fused-ring (bicyclic) bond motifs is 2. The van der Waals surface area contributed by atoms with Crippen LogP contribution in [0.1, 0.15) is 66.7 Å². The molecular formula is C32H40Cl2N4O4. The maximum absolute atomic E-state index is 13.7. The van der Waals surface area contributed by atoms with Gasteiger partial charge in [0.15, 0.2) is 0 Å². The number of ether oxygens (including phenoxy) is 1. The molecular weight excluding hydrogens is 575 g/mol. The van der Waals surface area contributed by atoms with Gasteiger partial charge in [0.1, 0.15) is 5.60 Å². The molecule has 0 N–H and O–H groups in total. The van der Waals surface area contributed by atoms with Gasteiger partial charge in [0.05, 0.1) is 16.1 Å². The molecule has 0 radical (unpaired) electrons. The highest BCUT2D eigenvalue weighted by Gasteiger charge is 2.46. The van der Waals surface area contributed by atoms with E-state index in [4.69, 9.17) is 27.9 Å². The Hall–Kier alpha value is -2.81. The van der Waals surface area contributed by atoms with Gasteiger partial charge in [0.25, 0.3) is 5.91 Å². The molecule has 0 saturated carbocycles. The van der Waals surface area contributed by atoms with Gasteiger partial charge in [-0.05, 0) is 75.9 Å². The number of amides is 3. The van der Waals surface area contributed by atoms with Crippen molar-refractivity contribution in [1.29, 1.82) is 0 Å². The molecule has 0 aromatic heterocycles.